The highest BCUT2D eigenvalue weighted by molar-refractivity contribution is 7.92. The molecular weight excluding hydrogens is 631 g/mol. The van der Waals surface area contributed by atoms with E-state index < -0.39 is 51.9 Å². The number of rotatable bonds is 11. The second-order valence-electron chi connectivity index (χ2n) is 10.9. The Kier molecular flexibility index (Phi) is 11.0. The SMILES string of the molecule is COc1ccc(CN(C(=O)CN(c2cc(C(F)(F)F)ccc2Cl)S(=O)(=O)c2ccccc2)[C@@H](C)C(=O)NC2CCCCC2)cc1. The first-order chi connectivity index (χ1) is 21.3. The number of halogens is 4. The third-order valence-corrected chi connectivity index (χ3v) is 9.88. The van der Waals surface area contributed by atoms with Gasteiger partial charge in [0, 0.05) is 12.6 Å². The molecule has 4 rings (SSSR count). The molecule has 1 saturated carbocycles. The molecule has 8 nitrogen and oxygen atoms in total. The molecule has 1 atom stereocenters. The number of sulfonamides is 1. The second kappa shape index (κ2) is 14.6. The maximum Gasteiger partial charge on any atom is 0.416 e. The van der Waals surface area contributed by atoms with Gasteiger partial charge in [-0.25, -0.2) is 8.42 Å². The minimum atomic E-state index is -4.81. The summed E-state index contributed by atoms with van der Waals surface area (Å²) in [7, 11) is -3.10. The molecule has 1 N–H and O–H groups in total. The number of nitrogens with one attached hydrogen (secondary N) is 1. The van der Waals surface area contributed by atoms with E-state index in [1.165, 1.54) is 43.2 Å². The summed E-state index contributed by atoms with van der Waals surface area (Å²) < 4.78 is 74.8. The average Bonchev–Trinajstić information content (AvgIpc) is 3.03. The summed E-state index contributed by atoms with van der Waals surface area (Å²) in [5, 5.41) is 2.70. The molecule has 0 heterocycles. The number of nitrogens with zero attached hydrogens (tertiary/aromatic N) is 2. The standard InChI is InChI=1S/C32H35ClF3N3O5S/c1-22(31(41)37-25-9-5-3-6-10-25)38(20-23-13-16-26(44-2)17-14-23)30(40)21-39(45(42,43)27-11-7-4-8-12-27)29-19-24(32(34,35)36)15-18-28(29)33/h4,7-8,11-19,22,25H,3,5-6,9-10,20-21H2,1-2H3,(H,37,41)/t22-/m0/s1. The molecule has 1 fully saturated rings. The van der Waals surface area contributed by atoms with Crippen molar-refractivity contribution in [1.29, 1.82) is 0 Å². The zero-order valence-corrected chi connectivity index (χ0v) is 26.5. The Morgan fingerprint density at radius 1 is 1.00 bits per heavy atom. The van der Waals surface area contributed by atoms with Crippen molar-refractivity contribution in [3.8, 4) is 5.75 Å². The Balaban J connectivity index is 1.74. The number of carbonyl (C=O) groups excluding carboxylic acids is 2. The van der Waals surface area contributed by atoms with Gasteiger partial charge >= 0.3 is 6.18 Å². The van der Waals surface area contributed by atoms with Crippen LogP contribution in [0, 0.1) is 0 Å². The van der Waals surface area contributed by atoms with Gasteiger partial charge in [0.15, 0.2) is 0 Å². The minimum absolute atomic E-state index is 0.0505. The molecule has 0 bridgehead atoms. The van der Waals surface area contributed by atoms with Crippen molar-refractivity contribution in [2.45, 2.75) is 68.7 Å². The average molecular weight is 666 g/mol. The lowest BCUT2D eigenvalue weighted by Crippen LogP contribution is -2.53. The molecular formula is C32H35ClF3N3O5S. The van der Waals surface area contributed by atoms with Crippen LogP contribution in [0.2, 0.25) is 5.02 Å². The molecule has 13 heteroatoms. The van der Waals surface area contributed by atoms with Crippen molar-refractivity contribution in [1.82, 2.24) is 10.2 Å². The van der Waals surface area contributed by atoms with E-state index in [0.29, 0.717) is 21.7 Å². The Bertz CT molecular complexity index is 1580. The third kappa shape index (κ3) is 8.49. The van der Waals surface area contributed by atoms with Crippen molar-refractivity contribution in [3.05, 3.63) is 88.9 Å². The number of alkyl halides is 3. The molecule has 0 spiro atoms. The first-order valence-corrected chi connectivity index (χ1v) is 16.3. The van der Waals surface area contributed by atoms with E-state index in [-0.39, 0.29) is 22.5 Å². The normalized spacial score (nSPS) is 14.8. The Morgan fingerprint density at radius 2 is 1.64 bits per heavy atom. The summed E-state index contributed by atoms with van der Waals surface area (Å²) in [5.74, 6) is -0.664. The number of methoxy groups -OCH3 is 1. The van der Waals surface area contributed by atoms with Gasteiger partial charge in [-0.3, -0.25) is 13.9 Å². The monoisotopic (exact) mass is 665 g/mol. The van der Waals surface area contributed by atoms with Crippen molar-refractivity contribution in [3.63, 3.8) is 0 Å². The molecule has 3 aromatic rings. The van der Waals surface area contributed by atoms with E-state index in [0.717, 1.165) is 44.2 Å². The summed E-state index contributed by atoms with van der Waals surface area (Å²) in [5.41, 5.74) is -1.04. The summed E-state index contributed by atoms with van der Waals surface area (Å²) >= 11 is 6.30. The van der Waals surface area contributed by atoms with Crippen LogP contribution >= 0.6 is 11.6 Å². The molecule has 1 aliphatic carbocycles. The molecule has 242 valence electrons. The highest BCUT2D eigenvalue weighted by Crippen LogP contribution is 2.37. The van der Waals surface area contributed by atoms with Gasteiger partial charge in [0.2, 0.25) is 11.8 Å². The number of hydrogen-bond donors (Lipinski definition) is 1. The maximum atomic E-state index is 14.1. The van der Waals surface area contributed by atoms with Crippen LogP contribution < -0.4 is 14.4 Å². The first-order valence-electron chi connectivity index (χ1n) is 14.5. The van der Waals surface area contributed by atoms with E-state index in [1.54, 1.807) is 30.3 Å². The maximum absolute atomic E-state index is 14.1. The first kappa shape index (κ1) is 34.1. The molecule has 2 amide bonds. The number of anilines is 1. The Hall–Kier alpha value is -3.77. The fourth-order valence-corrected chi connectivity index (χ4v) is 6.91. The molecule has 0 radical (unpaired) electrons. The summed E-state index contributed by atoms with van der Waals surface area (Å²) in [6.07, 6.45) is -0.175. The molecule has 0 unspecified atom stereocenters. The highest BCUT2D eigenvalue weighted by Gasteiger charge is 2.36. The van der Waals surface area contributed by atoms with Gasteiger partial charge in [-0.15, -0.1) is 0 Å². The van der Waals surface area contributed by atoms with Gasteiger partial charge in [0.25, 0.3) is 10.0 Å². The van der Waals surface area contributed by atoms with Crippen LogP contribution in [0.3, 0.4) is 0 Å². The number of benzene rings is 3. The fraction of sp³-hybridized carbons (Fsp3) is 0.375. The van der Waals surface area contributed by atoms with Crippen molar-refractivity contribution in [2.24, 2.45) is 0 Å². The number of carbonyl (C=O) groups is 2. The molecule has 3 aromatic carbocycles. The number of ether oxygens (including phenoxy) is 1. The van der Waals surface area contributed by atoms with Gasteiger partial charge in [-0.1, -0.05) is 61.2 Å². The van der Waals surface area contributed by atoms with Crippen LogP contribution in [0.25, 0.3) is 0 Å². The summed E-state index contributed by atoms with van der Waals surface area (Å²) in [4.78, 5) is 28.5. The van der Waals surface area contributed by atoms with E-state index in [1.807, 2.05) is 0 Å². The number of hydrogen-bond acceptors (Lipinski definition) is 5. The van der Waals surface area contributed by atoms with E-state index in [4.69, 9.17) is 16.3 Å². The van der Waals surface area contributed by atoms with Crippen LogP contribution in [0.15, 0.2) is 77.7 Å². The van der Waals surface area contributed by atoms with Gasteiger partial charge < -0.3 is 15.0 Å². The molecule has 1 aliphatic rings. The van der Waals surface area contributed by atoms with Gasteiger partial charge in [-0.2, -0.15) is 13.2 Å². The van der Waals surface area contributed by atoms with Crippen LogP contribution in [0.1, 0.15) is 50.2 Å². The second-order valence-corrected chi connectivity index (χ2v) is 13.1. The fourth-order valence-electron chi connectivity index (χ4n) is 5.19. The predicted octanol–water partition coefficient (Wildman–Crippen LogP) is 6.43. The summed E-state index contributed by atoms with van der Waals surface area (Å²) in [6, 6.07) is 15.0. The van der Waals surface area contributed by atoms with Crippen molar-refractivity contribution < 1.29 is 35.9 Å². The zero-order valence-electron chi connectivity index (χ0n) is 24.9. The smallest absolute Gasteiger partial charge is 0.416 e. The largest absolute Gasteiger partial charge is 0.497 e. The van der Waals surface area contributed by atoms with E-state index in [2.05, 4.69) is 5.32 Å². The van der Waals surface area contributed by atoms with Crippen molar-refractivity contribution >= 4 is 39.1 Å². The minimum Gasteiger partial charge on any atom is -0.497 e. The van der Waals surface area contributed by atoms with Crippen LogP contribution in [0.4, 0.5) is 18.9 Å². The summed E-state index contributed by atoms with van der Waals surface area (Å²) in [6.45, 7) is 0.528. The topological polar surface area (TPSA) is 96.0 Å². The Labute approximate surface area is 266 Å². The van der Waals surface area contributed by atoms with Crippen LogP contribution in [-0.4, -0.2) is 50.9 Å². The molecule has 0 saturated heterocycles. The molecule has 45 heavy (non-hydrogen) atoms. The van der Waals surface area contributed by atoms with E-state index in [9.17, 15) is 31.2 Å². The number of amides is 2. The molecule has 0 aromatic heterocycles. The van der Waals surface area contributed by atoms with E-state index >= 15 is 0 Å². The van der Waals surface area contributed by atoms with Crippen LogP contribution in [-0.2, 0) is 32.3 Å². The lowest BCUT2D eigenvalue weighted by atomic mass is 9.95. The van der Waals surface area contributed by atoms with Crippen LogP contribution in [0.5, 0.6) is 5.75 Å². The van der Waals surface area contributed by atoms with Gasteiger partial charge in [0.05, 0.1) is 28.3 Å². The zero-order chi connectivity index (χ0) is 32.8. The lowest BCUT2D eigenvalue weighted by molar-refractivity contribution is -0.139. The third-order valence-electron chi connectivity index (χ3n) is 7.78. The predicted molar refractivity (Wildman–Crippen MR) is 165 cm³/mol. The van der Waals surface area contributed by atoms with Gasteiger partial charge in [-0.05, 0) is 67.8 Å². The highest BCUT2D eigenvalue weighted by atomic mass is 35.5. The quantitative estimate of drug-likeness (QED) is 0.255. The lowest BCUT2D eigenvalue weighted by Gasteiger charge is -2.33. The van der Waals surface area contributed by atoms with Crippen molar-refractivity contribution in [2.75, 3.05) is 18.0 Å². The van der Waals surface area contributed by atoms with Gasteiger partial charge in [0.1, 0.15) is 18.3 Å². The molecule has 0 aliphatic heterocycles. The Morgan fingerprint density at radius 3 is 2.24 bits per heavy atom.